The number of ether oxygens (including phenoxy) is 1. The van der Waals surface area contributed by atoms with Crippen LogP contribution in [0.2, 0.25) is 0 Å². The van der Waals surface area contributed by atoms with Gasteiger partial charge in [-0.25, -0.2) is 0 Å². The minimum absolute atomic E-state index is 0.966. The van der Waals surface area contributed by atoms with Gasteiger partial charge >= 0.3 is 0 Å². The Morgan fingerprint density at radius 3 is 2.40 bits per heavy atom. The van der Waals surface area contributed by atoms with E-state index in [1.807, 2.05) is 0 Å². The number of nitrogens with zero attached hydrogens (tertiary/aromatic N) is 1. The average molecular weight is 208 g/mol. The van der Waals surface area contributed by atoms with E-state index in [-0.39, 0.29) is 0 Å². The highest BCUT2D eigenvalue weighted by molar-refractivity contribution is 5.04. The van der Waals surface area contributed by atoms with Crippen molar-refractivity contribution in [2.45, 2.75) is 46.0 Å². The number of allylic oxidation sites excluding steroid dienone is 1. The van der Waals surface area contributed by atoms with Crippen LogP contribution < -0.4 is 0 Å². The van der Waals surface area contributed by atoms with E-state index in [9.17, 15) is 0 Å². The molecular formula is C13H22NO. The molecular weight excluding hydrogens is 186 g/mol. The van der Waals surface area contributed by atoms with Crippen LogP contribution in [-0.4, -0.2) is 18.0 Å². The van der Waals surface area contributed by atoms with Gasteiger partial charge in [-0.15, -0.1) is 0 Å². The minimum Gasteiger partial charge on any atom is -0.459 e. The summed E-state index contributed by atoms with van der Waals surface area (Å²) in [5, 5.41) is 0. The van der Waals surface area contributed by atoms with Crippen molar-refractivity contribution >= 4 is 0 Å². The van der Waals surface area contributed by atoms with Crippen LogP contribution in [-0.2, 0) is 4.74 Å². The number of unbranched alkanes of at least 4 members (excludes halogenated alkanes) is 2. The molecule has 0 spiro atoms. The van der Waals surface area contributed by atoms with E-state index in [4.69, 9.17) is 4.74 Å². The molecule has 0 saturated heterocycles. The molecule has 1 rings (SSSR count). The Labute approximate surface area is 93.6 Å². The first-order valence-electron chi connectivity index (χ1n) is 6.06. The van der Waals surface area contributed by atoms with E-state index in [0.29, 0.717) is 0 Å². The monoisotopic (exact) mass is 208 g/mol. The zero-order valence-corrected chi connectivity index (χ0v) is 9.96. The van der Waals surface area contributed by atoms with Crippen molar-refractivity contribution in [3.05, 3.63) is 24.3 Å². The summed E-state index contributed by atoms with van der Waals surface area (Å²) in [6.07, 6.45) is 12.7. The van der Waals surface area contributed by atoms with E-state index in [1.54, 1.807) is 6.26 Å². The first-order valence-corrected chi connectivity index (χ1v) is 6.06. The van der Waals surface area contributed by atoms with Crippen LogP contribution in [0.5, 0.6) is 0 Å². The third-order valence-electron chi connectivity index (χ3n) is 2.60. The Morgan fingerprint density at radius 1 is 1.27 bits per heavy atom. The molecule has 0 saturated carbocycles. The van der Waals surface area contributed by atoms with Crippen molar-refractivity contribution in [1.29, 1.82) is 0 Å². The molecule has 0 aromatic rings. The van der Waals surface area contributed by atoms with Crippen LogP contribution in [0, 0.1) is 6.26 Å². The van der Waals surface area contributed by atoms with Crippen molar-refractivity contribution in [3.63, 3.8) is 0 Å². The second-order valence-electron chi connectivity index (χ2n) is 3.94. The smallest absolute Gasteiger partial charge is 0.190 e. The number of hydrogen-bond acceptors (Lipinski definition) is 2. The van der Waals surface area contributed by atoms with Crippen LogP contribution in [0.15, 0.2) is 18.0 Å². The lowest BCUT2D eigenvalue weighted by Crippen LogP contribution is -2.26. The molecule has 1 aliphatic rings. The number of rotatable bonds is 7. The van der Waals surface area contributed by atoms with Crippen LogP contribution in [0.1, 0.15) is 46.0 Å². The Bertz CT molecular complexity index is 213. The topological polar surface area (TPSA) is 12.5 Å². The zero-order valence-electron chi connectivity index (χ0n) is 9.96. The molecule has 1 heterocycles. The van der Waals surface area contributed by atoms with Crippen molar-refractivity contribution in [1.82, 2.24) is 4.90 Å². The van der Waals surface area contributed by atoms with Gasteiger partial charge in [0.05, 0.1) is 12.0 Å². The molecule has 2 heteroatoms. The molecule has 0 aromatic heterocycles. The summed E-state index contributed by atoms with van der Waals surface area (Å²) in [4.78, 5) is 2.41. The Kier molecular flexibility index (Phi) is 5.98. The van der Waals surface area contributed by atoms with Gasteiger partial charge in [0, 0.05) is 19.5 Å². The molecule has 0 aromatic carbocycles. The van der Waals surface area contributed by atoms with Crippen molar-refractivity contribution in [2.24, 2.45) is 0 Å². The normalized spacial score (nSPS) is 14.7. The predicted octanol–water partition coefficient (Wildman–Crippen LogP) is 3.47. The minimum atomic E-state index is 0.966. The van der Waals surface area contributed by atoms with E-state index >= 15 is 0 Å². The molecule has 1 aliphatic heterocycles. The Hall–Kier alpha value is -0.920. The van der Waals surface area contributed by atoms with Crippen LogP contribution in [0.4, 0.5) is 0 Å². The van der Waals surface area contributed by atoms with E-state index < -0.39 is 0 Å². The maximum absolute atomic E-state index is 5.11. The van der Waals surface area contributed by atoms with Crippen LogP contribution in [0.25, 0.3) is 0 Å². The fraction of sp³-hybridized carbons (Fsp3) is 0.692. The maximum Gasteiger partial charge on any atom is 0.190 e. The molecule has 0 amide bonds. The second kappa shape index (κ2) is 7.38. The van der Waals surface area contributed by atoms with Gasteiger partial charge in [0.2, 0.25) is 0 Å². The summed E-state index contributed by atoms with van der Waals surface area (Å²) in [5.41, 5.74) is 1.21. The van der Waals surface area contributed by atoms with Crippen molar-refractivity contribution < 1.29 is 4.74 Å². The average Bonchev–Trinajstić information content (AvgIpc) is 2.30. The highest BCUT2D eigenvalue weighted by atomic mass is 16.5. The van der Waals surface area contributed by atoms with Gasteiger partial charge in [0.1, 0.15) is 0 Å². The predicted molar refractivity (Wildman–Crippen MR) is 63.0 cm³/mol. The molecule has 1 radical (unpaired) electrons. The lowest BCUT2D eigenvalue weighted by atomic mass is 10.2. The molecule has 0 unspecified atom stereocenters. The van der Waals surface area contributed by atoms with Crippen LogP contribution in [0.3, 0.4) is 0 Å². The molecule has 0 N–H and O–H groups in total. The van der Waals surface area contributed by atoms with Gasteiger partial charge in [0.15, 0.2) is 6.26 Å². The van der Waals surface area contributed by atoms with E-state index in [1.165, 1.54) is 31.4 Å². The van der Waals surface area contributed by atoms with Gasteiger partial charge in [0.25, 0.3) is 0 Å². The van der Waals surface area contributed by atoms with E-state index in [2.05, 4.69) is 31.1 Å². The lowest BCUT2D eigenvalue weighted by molar-refractivity contribution is 0.277. The molecule has 0 atom stereocenters. The van der Waals surface area contributed by atoms with Crippen molar-refractivity contribution in [2.75, 3.05) is 13.1 Å². The summed E-state index contributed by atoms with van der Waals surface area (Å²) < 4.78 is 5.11. The fourth-order valence-corrected chi connectivity index (χ4v) is 1.62. The SMILES string of the molecule is CCCCN(CCCC)C1=[C]OC=CC1. The highest BCUT2D eigenvalue weighted by Crippen LogP contribution is 2.15. The zero-order chi connectivity index (χ0) is 10.9. The van der Waals surface area contributed by atoms with Gasteiger partial charge in [-0.3, -0.25) is 0 Å². The third-order valence-corrected chi connectivity index (χ3v) is 2.60. The lowest BCUT2D eigenvalue weighted by Gasteiger charge is -2.27. The largest absolute Gasteiger partial charge is 0.459 e. The summed E-state index contributed by atoms with van der Waals surface area (Å²) in [6.45, 7) is 6.73. The maximum atomic E-state index is 5.11. The summed E-state index contributed by atoms with van der Waals surface area (Å²) in [6, 6.07) is 0. The van der Waals surface area contributed by atoms with Crippen molar-refractivity contribution in [3.8, 4) is 0 Å². The van der Waals surface area contributed by atoms with Gasteiger partial charge < -0.3 is 9.64 Å². The van der Waals surface area contributed by atoms with Gasteiger partial charge in [-0.05, 0) is 18.9 Å². The summed E-state index contributed by atoms with van der Waals surface area (Å²) in [5.74, 6) is 0. The van der Waals surface area contributed by atoms with E-state index in [0.717, 1.165) is 19.5 Å². The second-order valence-corrected chi connectivity index (χ2v) is 3.94. The standard InChI is InChI=1S/C13H22NO/c1-3-5-9-14(10-6-4-2)13-8-7-11-15-12-13/h7,11H,3-6,8-10H2,1-2H3. The molecule has 2 nitrogen and oxygen atoms in total. The molecule has 0 bridgehead atoms. The summed E-state index contributed by atoms with van der Waals surface area (Å²) >= 11 is 0. The third kappa shape index (κ3) is 4.41. The molecule has 0 fully saturated rings. The molecule has 85 valence electrons. The first kappa shape index (κ1) is 12.2. The highest BCUT2D eigenvalue weighted by Gasteiger charge is 2.10. The number of hydrogen-bond donors (Lipinski definition) is 0. The van der Waals surface area contributed by atoms with Gasteiger partial charge in [-0.2, -0.15) is 0 Å². The Balaban J connectivity index is 2.42. The molecule has 15 heavy (non-hydrogen) atoms. The van der Waals surface area contributed by atoms with Crippen LogP contribution >= 0.6 is 0 Å². The first-order chi connectivity index (χ1) is 7.38. The quantitative estimate of drug-likeness (QED) is 0.635. The molecule has 0 aliphatic carbocycles. The Morgan fingerprint density at radius 2 is 1.93 bits per heavy atom. The summed E-state index contributed by atoms with van der Waals surface area (Å²) in [7, 11) is 0. The van der Waals surface area contributed by atoms with Gasteiger partial charge in [-0.1, -0.05) is 26.7 Å². The fourth-order valence-electron chi connectivity index (χ4n) is 1.62.